The highest BCUT2D eigenvalue weighted by Gasteiger charge is 2.11. The number of carboxylic acid groups (broad SMARTS) is 1. The van der Waals surface area contributed by atoms with Crippen LogP contribution in [-0.4, -0.2) is 29.3 Å². The van der Waals surface area contributed by atoms with Crippen LogP contribution in [0.15, 0.2) is 18.2 Å². The molecule has 1 unspecified atom stereocenters. The number of aliphatic carboxylic acids is 1. The smallest absolute Gasteiger partial charge is 0.304 e. The van der Waals surface area contributed by atoms with Crippen LogP contribution in [0.5, 0.6) is 11.5 Å². The van der Waals surface area contributed by atoms with Gasteiger partial charge in [0.25, 0.3) is 0 Å². The van der Waals surface area contributed by atoms with Gasteiger partial charge in [0.2, 0.25) is 0 Å². The highest BCUT2D eigenvalue weighted by atomic mass is 16.5. The molecule has 124 valence electrons. The van der Waals surface area contributed by atoms with Crippen molar-refractivity contribution in [2.45, 2.75) is 65.2 Å². The first-order chi connectivity index (χ1) is 10.3. The number of hydrogen-bond acceptors (Lipinski definition) is 4. The summed E-state index contributed by atoms with van der Waals surface area (Å²) in [5.41, 5.74) is 6.85. The van der Waals surface area contributed by atoms with E-state index in [-0.39, 0.29) is 24.7 Å². The minimum absolute atomic E-state index is 0.0163. The van der Waals surface area contributed by atoms with Gasteiger partial charge in [0.05, 0.1) is 18.6 Å². The average molecular weight is 309 g/mol. The number of nitrogens with two attached hydrogens (primary N) is 1. The summed E-state index contributed by atoms with van der Waals surface area (Å²) in [4.78, 5) is 10.7. The lowest BCUT2D eigenvalue weighted by molar-refractivity contribution is -0.137. The Morgan fingerprint density at radius 3 is 2.00 bits per heavy atom. The maximum atomic E-state index is 10.7. The Morgan fingerprint density at radius 2 is 1.59 bits per heavy atom. The first-order valence-electron chi connectivity index (χ1n) is 7.71. The summed E-state index contributed by atoms with van der Waals surface area (Å²) in [5.74, 6) is 0.651. The Morgan fingerprint density at radius 1 is 1.09 bits per heavy atom. The molecule has 0 spiro atoms. The van der Waals surface area contributed by atoms with Gasteiger partial charge in [-0.05, 0) is 58.2 Å². The molecule has 5 heteroatoms. The quantitative estimate of drug-likeness (QED) is 0.733. The zero-order chi connectivity index (χ0) is 16.7. The minimum Gasteiger partial charge on any atom is -0.491 e. The van der Waals surface area contributed by atoms with Crippen LogP contribution in [0.4, 0.5) is 0 Å². The summed E-state index contributed by atoms with van der Waals surface area (Å²) in [6, 6.07) is 5.45. The van der Waals surface area contributed by atoms with E-state index in [2.05, 4.69) is 0 Å². The van der Waals surface area contributed by atoms with Crippen LogP contribution in [0, 0.1) is 0 Å². The Balaban J connectivity index is 2.80. The Kier molecular flexibility index (Phi) is 7.18. The van der Waals surface area contributed by atoms with E-state index in [1.54, 1.807) is 0 Å². The molecule has 0 bridgehead atoms. The van der Waals surface area contributed by atoms with Crippen LogP contribution in [-0.2, 0) is 11.2 Å². The fourth-order valence-electron chi connectivity index (χ4n) is 2.13. The number of rotatable bonds is 9. The van der Waals surface area contributed by atoms with Crippen molar-refractivity contribution in [3.05, 3.63) is 23.8 Å². The van der Waals surface area contributed by atoms with Gasteiger partial charge in [-0.15, -0.1) is 0 Å². The van der Waals surface area contributed by atoms with Gasteiger partial charge in [0.1, 0.15) is 11.5 Å². The zero-order valence-electron chi connectivity index (χ0n) is 13.8. The molecule has 0 radical (unpaired) electrons. The average Bonchev–Trinajstić information content (AvgIpc) is 2.33. The molecule has 1 atom stereocenters. The summed E-state index contributed by atoms with van der Waals surface area (Å²) in [6.07, 6.45) is 1.45. The van der Waals surface area contributed by atoms with E-state index >= 15 is 0 Å². The van der Waals surface area contributed by atoms with Crippen molar-refractivity contribution < 1.29 is 19.4 Å². The summed E-state index contributed by atoms with van der Waals surface area (Å²) < 4.78 is 11.5. The first kappa shape index (κ1) is 18.3. The number of hydrogen-bond donors (Lipinski definition) is 2. The fourth-order valence-corrected chi connectivity index (χ4v) is 2.13. The van der Waals surface area contributed by atoms with Crippen molar-refractivity contribution in [1.82, 2.24) is 0 Å². The van der Waals surface area contributed by atoms with Crippen molar-refractivity contribution in [1.29, 1.82) is 0 Å². The second kappa shape index (κ2) is 8.63. The molecule has 0 aromatic heterocycles. The van der Waals surface area contributed by atoms with Crippen LogP contribution in [0.25, 0.3) is 0 Å². The lowest BCUT2D eigenvalue weighted by atomic mass is 10.0. The molecule has 1 aromatic rings. The van der Waals surface area contributed by atoms with Gasteiger partial charge in [0.15, 0.2) is 0 Å². The second-order valence-corrected chi connectivity index (χ2v) is 6.04. The lowest BCUT2D eigenvalue weighted by Gasteiger charge is -2.16. The zero-order valence-corrected chi connectivity index (χ0v) is 13.8. The van der Waals surface area contributed by atoms with E-state index in [4.69, 9.17) is 20.3 Å². The first-order valence-corrected chi connectivity index (χ1v) is 7.71. The molecule has 3 N–H and O–H groups in total. The standard InChI is InChI=1S/C17H27NO4/c1-11(2)21-15-7-13(5-6-14(18)9-17(19)20)8-16(10-15)22-12(3)4/h7-8,10-12,14H,5-6,9,18H2,1-4H3,(H,19,20). The van der Waals surface area contributed by atoms with Crippen LogP contribution >= 0.6 is 0 Å². The number of benzene rings is 1. The molecule has 1 rings (SSSR count). The molecular weight excluding hydrogens is 282 g/mol. The number of aryl methyl sites for hydroxylation is 1. The Labute approximate surface area is 132 Å². The SMILES string of the molecule is CC(C)Oc1cc(CCC(N)CC(=O)O)cc(OC(C)C)c1. The Bertz CT molecular complexity index is 457. The molecule has 0 aliphatic rings. The third kappa shape index (κ3) is 7.31. The van der Waals surface area contributed by atoms with Gasteiger partial charge in [-0.1, -0.05) is 0 Å². The van der Waals surface area contributed by atoms with Crippen molar-refractivity contribution >= 4 is 5.97 Å². The van der Waals surface area contributed by atoms with Crippen LogP contribution < -0.4 is 15.2 Å². The predicted octanol–water partition coefficient (Wildman–Crippen LogP) is 3.00. The molecule has 1 aromatic carbocycles. The monoisotopic (exact) mass is 309 g/mol. The van der Waals surface area contributed by atoms with Gasteiger partial charge in [0, 0.05) is 12.1 Å². The predicted molar refractivity (Wildman–Crippen MR) is 86.5 cm³/mol. The normalized spacial score (nSPS) is 12.5. The fraction of sp³-hybridized carbons (Fsp3) is 0.588. The molecule has 0 aliphatic carbocycles. The molecule has 0 saturated carbocycles. The molecule has 0 aliphatic heterocycles. The molecule has 5 nitrogen and oxygen atoms in total. The largest absolute Gasteiger partial charge is 0.491 e. The summed E-state index contributed by atoms with van der Waals surface area (Å²) in [6.45, 7) is 7.88. The lowest BCUT2D eigenvalue weighted by Crippen LogP contribution is -2.24. The molecular formula is C17H27NO4. The van der Waals surface area contributed by atoms with Crippen LogP contribution in [0.3, 0.4) is 0 Å². The minimum atomic E-state index is -0.867. The molecule has 0 fully saturated rings. The van der Waals surface area contributed by atoms with Gasteiger partial charge in [-0.25, -0.2) is 0 Å². The topological polar surface area (TPSA) is 81.8 Å². The van der Waals surface area contributed by atoms with Crippen molar-refractivity contribution in [3.63, 3.8) is 0 Å². The number of carbonyl (C=O) groups is 1. The maximum Gasteiger partial charge on any atom is 0.304 e. The third-order valence-electron chi connectivity index (χ3n) is 2.92. The van der Waals surface area contributed by atoms with E-state index in [1.807, 2.05) is 45.9 Å². The number of ether oxygens (including phenoxy) is 2. The second-order valence-electron chi connectivity index (χ2n) is 6.04. The van der Waals surface area contributed by atoms with E-state index in [9.17, 15) is 4.79 Å². The maximum absolute atomic E-state index is 10.7. The van der Waals surface area contributed by atoms with Crippen LogP contribution in [0.2, 0.25) is 0 Å². The van der Waals surface area contributed by atoms with Crippen molar-refractivity contribution in [2.24, 2.45) is 5.73 Å². The molecule has 0 heterocycles. The number of carboxylic acids is 1. The molecule has 0 amide bonds. The summed E-state index contributed by atoms with van der Waals surface area (Å²) >= 11 is 0. The highest BCUT2D eigenvalue weighted by molar-refractivity contribution is 5.67. The van der Waals surface area contributed by atoms with Gasteiger partial charge in [-0.2, -0.15) is 0 Å². The van der Waals surface area contributed by atoms with Gasteiger partial charge >= 0.3 is 5.97 Å². The van der Waals surface area contributed by atoms with Crippen molar-refractivity contribution in [2.75, 3.05) is 0 Å². The van der Waals surface area contributed by atoms with Gasteiger partial charge in [-0.3, -0.25) is 4.79 Å². The summed E-state index contributed by atoms with van der Waals surface area (Å²) in [5, 5.41) is 8.75. The van der Waals surface area contributed by atoms with E-state index in [0.29, 0.717) is 12.8 Å². The van der Waals surface area contributed by atoms with Gasteiger partial charge < -0.3 is 20.3 Å². The van der Waals surface area contributed by atoms with Crippen LogP contribution in [0.1, 0.15) is 46.1 Å². The van der Waals surface area contributed by atoms with Crippen molar-refractivity contribution in [3.8, 4) is 11.5 Å². The van der Waals surface area contributed by atoms with E-state index in [0.717, 1.165) is 17.1 Å². The molecule has 0 saturated heterocycles. The van der Waals surface area contributed by atoms with E-state index < -0.39 is 5.97 Å². The Hall–Kier alpha value is -1.75. The summed E-state index contributed by atoms with van der Waals surface area (Å²) in [7, 11) is 0. The highest BCUT2D eigenvalue weighted by Crippen LogP contribution is 2.26. The van der Waals surface area contributed by atoms with E-state index in [1.165, 1.54) is 0 Å². The third-order valence-corrected chi connectivity index (χ3v) is 2.92. The molecule has 22 heavy (non-hydrogen) atoms.